The van der Waals surface area contributed by atoms with Gasteiger partial charge in [-0.3, -0.25) is 0 Å². The molecule has 19 heavy (non-hydrogen) atoms. The van der Waals surface area contributed by atoms with Crippen LogP contribution in [0.5, 0.6) is 5.75 Å². The van der Waals surface area contributed by atoms with Crippen molar-refractivity contribution in [3.05, 3.63) is 35.4 Å². The van der Waals surface area contributed by atoms with E-state index in [1.807, 2.05) is 27.7 Å². The van der Waals surface area contributed by atoms with Crippen molar-refractivity contribution < 1.29 is 18.3 Å². The maximum Gasteiger partial charge on any atom is 0.416 e. The Hall–Kier alpha value is -1.45. The third-order valence-electron chi connectivity index (χ3n) is 3.10. The topological polar surface area (TPSA) is 20.2 Å². The number of benzene rings is 1. The van der Waals surface area contributed by atoms with Crippen LogP contribution in [0, 0.1) is 0 Å². The van der Waals surface area contributed by atoms with E-state index < -0.39 is 11.7 Å². The molecular weight excluding hydrogens is 253 g/mol. The molecule has 0 fully saturated rings. The second-order valence-corrected chi connectivity index (χ2v) is 5.29. The normalized spacial score (nSPS) is 12.3. The molecule has 1 nitrogen and oxygen atoms in total. The Balaban J connectivity index is 3.48. The number of halogens is 3. The van der Waals surface area contributed by atoms with Crippen molar-refractivity contribution in [1.82, 2.24) is 0 Å². The van der Waals surface area contributed by atoms with Gasteiger partial charge in [0.05, 0.1) is 5.57 Å². The Labute approximate surface area is 111 Å². The van der Waals surface area contributed by atoms with Crippen LogP contribution >= 0.6 is 0 Å². The van der Waals surface area contributed by atoms with E-state index in [1.165, 1.54) is 12.1 Å². The maximum atomic E-state index is 12.7. The Kier molecular flexibility index (Phi) is 4.33. The molecule has 1 rings (SSSR count). The number of phenolic OH excluding ortho intramolecular Hbond substituents is 1. The highest BCUT2D eigenvalue weighted by Crippen LogP contribution is 2.39. The highest BCUT2D eigenvalue weighted by Gasteiger charge is 2.33. The van der Waals surface area contributed by atoms with E-state index in [4.69, 9.17) is 0 Å². The van der Waals surface area contributed by atoms with Crippen LogP contribution in [-0.4, -0.2) is 11.3 Å². The first kappa shape index (κ1) is 15.6. The molecule has 0 aromatic heterocycles. The van der Waals surface area contributed by atoms with Crippen LogP contribution in [0.1, 0.15) is 56.2 Å². The van der Waals surface area contributed by atoms with Crippen molar-refractivity contribution in [2.45, 2.75) is 45.7 Å². The minimum absolute atomic E-state index is 0.0256. The minimum Gasteiger partial charge on any atom is -0.507 e. The fourth-order valence-electron chi connectivity index (χ4n) is 1.90. The molecule has 0 amide bonds. The molecule has 0 spiro atoms. The third-order valence-corrected chi connectivity index (χ3v) is 3.10. The second-order valence-electron chi connectivity index (χ2n) is 5.29. The first-order chi connectivity index (χ1) is 8.55. The molecule has 0 unspecified atom stereocenters. The van der Waals surface area contributed by atoms with Gasteiger partial charge in [-0.2, -0.15) is 13.2 Å². The van der Waals surface area contributed by atoms with E-state index >= 15 is 0 Å². The maximum absolute atomic E-state index is 12.7. The Morgan fingerprint density at radius 3 is 1.68 bits per heavy atom. The summed E-state index contributed by atoms with van der Waals surface area (Å²) in [5.41, 5.74) is 0.187. The zero-order chi connectivity index (χ0) is 15.0. The van der Waals surface area contributed by atoms with E-state index in [2.05, 4.69) is 6.58 Å². The molecule has 0 saturated carbocycles. The van der Waals surface area contributed by atoms with Gasteiger partial charge in [-0.25, -0.2) is 0 Å². The zero-order valence-corrected chi connectivity index (χ0v) is 11.6. The number of allylic oxidation sites excluding steroid dienone is 1. The number of rotatable bonds is 3. The van der Waals surface area contributed by atoms with Gasteiger partial charge in [-0.05, 0) is 40.7 Å². The van der Waals surface area contributed by atoms with Crippen LogP contribution in [0.25, 0.3) is 5.57 Å². The van der Waals surface area contributed by atoms with Crippen molar-refractivity contribution in [2.75, 3.05) is 0 Å². The van der Waals surface area contributed by atoms with Gasteiger partial charge in [-0.1, -0.05) is 34.3 Å². The lowest BCUT2D eigenvalue weighted by Crippen LogP contribution is -2.10. The number of aromatic hydroxyl groups is 1. The van der Waals surface area contributed by atoms with Crippen LogP contribution in [-0.2, 0) is 0 Å². The Bertz CT molecular complexity index is 456. The minimum atomic E-state index is -4.46. The number of alkyl halides is 3. The predicted molar refractivity (Wildman–Crippen MR) is 71.4 cm³/mol. The largest absolute Gasteiger partial charge is 0.507 e. The fourth-order valence-corrected chi connectivity index (χ4v) is 1.90. The van der Waals surface area contributed by atoms with E-state index in [0.717, 1.165) is 0 Å². The summed E-state index contributed by atoms with van der Waals surface area (Å²) >= 11 is 0. The van der Waals surface area contributed by atoms with Gasteiger partial charge in [0.25, 0.3) is 0 Å². The molecule has 1 N–H and O–H groups in total. The highest BCUT2D eigenvalue weighted by molar-refractivity contribution is 5.70. The smallest absolute Gasteiger partial charge is 0.416 e. The summed E-state index contributed by atoms with van der Waals surface area (Å²) in [6, 6.07) is 2.75. The fraction of sp³-hybridized carbons (Fsp3) is 0.467. The van der Waals surface area contributed by atoms with Gasteiger partial charge in [-0.15, -0.1) is 0 Å². The highest BCUT2D eigenvalue weighted by atomic mass is 19.4. The van der Waals surface area contributed by atoms with Gasteiger partial charge in [0.2, 0.25) is 0 Å². The molecule has 1 aromatic rings. The van der Waals surface area contributed by atoms with Crippen LogP contribution in [0.2, 0.25) is 0 Å². The number of hydrogen-bond acceptors (Lipinski definition) is 1. The average molecular weight is 272 g/mol. The standard InChI is InChI=1S/C15H19F3O/c1-8(2)12-6-11(10(5)15(16,17)18)7-13(9(3)4)14(12)19/h6-9,19H,5H2,1-4H3. The Morgan fingerprint density at radius 1 is 1.05 bits per heavy atom. The lowest BCUT2D eigenvalue weighted by atomic mass is 9.89. The summed E-state index contributed by atoms with van der Waals surface area (Å²) in [5, 5.41) is 10.1. The quantitative estimate of drug-likeness (QED) is 0.800. The van der Waals surface area contributed by atoms with E-state index in [-0.39, 0.29) is 23.1 Å². The molecule has 0 heterocycles. The molecule has 0 aliphatic carbocycles. The lowest BCUT2D eigenvalue weighted by molar-refractivity contribution is -0.0686. The molecule has 4 heteroatoms. The first-order valence-electron chi connectivity index (χ1n) is 6.19. The molecule has 0 bridgehead atoms. The van der Waals surface area contributed by atoms with E-state index in [1.54, 1.807) is 0 Å². The lowest BCUT2D eigenvalue weighted by Gasteiger charge is -2.19. The van der Waals surface area contributed by atoms with Crippen LogP contribution in [0.3, 0.4) is 0 Å². The van der Waals surface area contributed by atoms with Gasteiger partial charge in [0.15, 0.2) is 0 Å². The molecule has 0 saturated heterocycles. The molecular formula is C15H19F3O. The van der Waals surface area contributed by atoms with Gasteiger partial charge in [0, 0.05) is 0 Å². The van der Waals surface area contributed by atoms with E-state index in [9.17, 15) is 18.3 Å². The molecule has 0 atom stereocenters. The summed E-state index contributed by atoms with van der Waals surface area (Å²) in [4.78, 5) is 0. The molecule has 1 aromatic carbocycles. The summed E-state index contributed by atoms with van der Waals surface area (Å²) in [7, 11) is 0. The van der Waals surface area contributed by atoms with Crippen LogP contribution in [0.15, 0.2) is 18.7 Å². The molecule has 0 aliphatic heterocycles. The summed E-state index contributed by atoms with van der Waals surface area (Å²) in [5.74, 6) is -0.0271. The monoisotopic (exact) mass is 272 g/mol. The van der Waals surface area contributed by atoms with Gasteiger partial charge < -0.3 is 5.11 Å². The molecule has 106 valence electrons. The number of hydrogen-bond donors (Lipinski definition) is 1. The Morgan fingerprint density at radius 2 is 1.42 bits per heavy atom. The number of phenols is 1. The van der Waals surface area contributed by atoms with Crippen molar-refractivity contribution in [1.29, 1.82) is 0 Å². The van der Waals surface area contributed by atoms with Gasteiger partial charge in [0.1, 0.15) is 5.75 Å². The van der Waals surface area contributed by atoms with Gasteiger partial charge >= 0.3 is 6.18 Å². The van der Waals surface area contributed by atoms with Crippen molar-refractivity contribution in [2.24, 2.45) is 0 Å². The zero-order valence-electron chi connectivity index (χ0n) is 11.6. The first-order valence-corrected chi connectivity index (χ1v) is 6.19. The van der Waals surface area contributed by atoms with Crippen LogP contribution in [0.4, 0.5) is 13.2 Å². The summed E-state index contributed by atoms with van der Waals surface area (Å²) in [6.07, 6.45) is -4.46. The molecule has 0 aliphatic rings. The van der Waals surface area contributed by atoms with Crippen molar-refractivity contribution >= 4 is 5.57 Å². The van der Waals surface area contributed by atoms with E-state index in [0.29, 0.717) is 11.1 Å². The summed E-state index contributed by atoms with van der Waals surface area (Å²) in [6.45, 7) is 10.5. The predicted octanol–water partition coefficient (Wildman–Crippen LogP) is 5.21. The molecule has 0 radical (unpaired) electrons. The SMILES string of the molecule is C=C(c1cc(C(C)C)c(O)c(C(C)C)c1)C(F)(F)F. The summed E-state index contributed by atoms with van der Waals surface area (Å²) < 4.78 is 38.2. The third kappa shape index (κ3) is 3.31. The van der Waals surface area contributed by atoms with Crippen molar-refractivity contribution in [3.8, 4) is 5.75 Å². The van der Waals surface area contributed by atoms with Crippen molar-refractivity contribution in [3.63, 3.8) is 0 Å². The average Bonchev–Trinajstić information content (AvgIpc) is 2.26. The second kappa shape index (κ2) is 5.27. The van der Waals surface area contributed by atoms with Crippen LogP contribution < -0.4 is 0 Å².